The third-order valence-corrected chi connectivity index (χ3v) is 5.66. The van der Waals surface area contributed by atoms with Gasteiger partial charge in [0.05, 0.1) is 34.1 Å². The van der Waals surface area contributed by atoms with Crippen LogP contribution >= 0.6 is 34.3 Å². The van der Waals surface area contributed by atoms with E-state index in [0.717, 1.165) is 20.8 Å². The number of fused-ring (bicyclic) bond motifs is 1. The number of hydrogen-bond acceptors (Lipinski definition) is 4. The lowest BCUT2D eigenvalue weighted by Gasteiger charge is -2.03. The smallest absolute Gasteiger partial charge is 0.253 e. The minimum Gasteiger partial charge on any atom is -0.494 e. The van der Waals surface area contributed by atoms with Crippen molar-refractivity contribution in [3.8, 4) is 18.1 Å². The van der Waals surface area contributed by atoms with Gasteiger partial charge in [-0.25, -0.2) is 0 Å². The summed E-state index contributed by atoms with van der Waals surface area (Å²) in [5.41, 5.74) is 0.942. The number of carbonyl (C=O) groups is 1. The molecule has 0 bridgehead atoms. The van der Waals surface area contributed by atoms with Gasteiger partial charge in [-0.05, 0) is 37.3 Å². The molecule has 3 aromatic rings. The van der Waals surface area contributed by atoms with E-state index in [1.54, 1.807) is 6.07 Å². The Kier molecular flexibility index (Phi) is 5.59. The van der Waals surface area contributed by atoms with Crippen LogP contribution in [0.25, 0.3) is 10.2 Å². The number of thiophene rings is 1. The summed E-state index contributed by atoms with van der Waals surface area (Å²) in [5.74, 6) is 3.19. The number of nitrogens with zero attached hydrogens (tertiary/aromatic N) is 2. The normalized spacial score (nSPS) is 11.6. The molecular weight excluding hydrogens is 376 g/mol. The van der Waals surface area contributed by atoms with Crippen LogP contribution in [0, 0.1) is 12.3 Å². The van der Waals surface area contributed by atoms with Crippen LogP contribution in [0.1, 0.15) is 11.8 Å². The summed E-state index contributed by atoms with van der Waals surface area (Å²) in [4.78, 5) is 18.1. The van der Waals surface area contributed by atoms with E-state index < -0.39 is 0 Å². The van der Waals surface area contributed by atoms with E-state index in [1.807, 2.05) is 35.8 Å². The van der Waals surface area contributed by atoms with Gasteiger partial charge in [0, 0.05) is 4.88 Å². The van der Waals surface area contributed by atoms with Gasteiger partial charge in [0.25, 0.3) is 5.91 Å². The van der Waals surface area contributed by atoms with Gasteiger partial charge in [-0.15, -0.1) is 17.8 Å². The molecule has 2 heterocycles. The highest BCUT2D eigenvalue weighted by atomic mass is 35.5. The highest BCUT2D eigenvalue weighted by Crippen LogP contribution is 2.24. The van der Waals surface area contributed by atoms with Gasteiger partial charge < -0.3 is 9.30 Å². The lowest BCUT2D eigenvalue weighted by Crippen LogP contribution is -2.16. The zero-order valence-corrected chi connectivity index (χ0v) is 15.9. The molecule has 0 aliphatic heterocycles. The lowest BCUT2D eigenvalue weighted by atomic mass is 10.3. The van der Waals surface area contributed by atoms with Crippen molar-refractivity contribution in [2.45, 2.75) is 19.9 Å². The SMILES string of the molecule is C#CCn1c(=NC(=O)Cc2ccc(Cl)s2)sc2cc(OCC)ccc21. The van der Waals surface area contributed by atoms with Crippen LogP contribution in [0.4, 0.5) is 0 Å². The number of rotatable bonds is 5. The maximum atomic E-state index is 12.3. The van der Waals surface area contributed by atoms with Gasteiger partial charge in [-0.2, -0.15) is 4.99 Å². The third-order valence-electron chi connectivity index (χ3n) is 3.39. The molecule has 0 N–H and O–H groups in total. The van der Waals surface area contributed by atoms with Crippen LogP contribution in [-0.4, -0.2) is 17.1 Å². The number of amides is 1. The Hall–Kier alpha value is -2.07. The summed E-state index contributed by atoms with van der Waals surface area (Å²) in [6.45, 7) is 2.89. The molecule has 4 nitrogen and oxygen atoms in total. The molecule has 25 heavy (non-hydrogen) atoms. The molecule has 128 valence electrons. The van der Waals surface area contributed by atoms with E-state index in [0.29, 0.717) is 22.3 Å². The van der Waals surface area contributed by atoms with Gasteiger partial charge in [0.15, 0.2) is 4.80 Å². The Morgan fingerprint density at radius 2 is 2.20 bits per heavy atom. The fourth-order valence-electron chi connectivity index (χ4n) is 2.38. The molecular formula is C18H15ClN2O2S2. The van der Waals surface area contributed by atoms with E-state index in [4.69, 9.17) is 22.8 Å². The van der Waals surface area contributed by atoms with Crippen molar-refractivity contribution in [2.75, 3.05) is 6.61 Å². The molecule has 0 atom stereocenters. The molecule has 0 unspecified atom stereocenters. The van der Waals surface area contributed by atoms with E-state index in [2.05, 4.69) is 10.9 Å². The number of thiazole rings is 1. The molecule has 0 saturated carbocycles. The zero-order chi connectivity index (χ0) is 17.8. The number of hydrogen-bond donors (Lipinski definition) is 0. The van der Waals surface area contributed by atoms with E-state index in [9.17, 15) is 4.79 Å². The minimum atomic E-state index is -0.221. The van der Waals surface area contributed by atoms with Crippen LogP contribution in [0.2, 0.25) is 4.34 Å². The van der Waals surface area contributed by atoms with Gasteiger partial charge in [-0.1, -0.05) is 28.9 Å². The first kappa shape index (κ1) is 17.7. The molecule has 0 spiro atoms. The van der Waals surface area contributed by atoms with Crippen molar-refractivity contribution in [3.63, 3.8) is 0 Å². The van der Waals surface area contributed by atoms with Crippen molar-refractivity contribution < 1.29 is 9.53 Å². The number of halogens is 1. The Balaban J connectivity index is 1.99. The average Bonchev–Trinajstić information content (AvgIpc) is 3.12. The minimum absolute atomic E-state index is 0.221. The lowest BCUT2D eigenvalue weighted by molar-refractivity contribution is -0.117. The van der Waals surface area contributed by atoms with Crippen molar-refractivity contribution >= 4 is 50.4 Å². The summed E-state index contributed by atoms with van der Waals surface area (Å²) in [6, 6.07) is 9.40. The van der Waals surface area contributed by atoms with Crippen molar-refractivity contribution in [1.29, 1.82) is 0 Å². The van der Waals surface area contributed by atoms with Crippen molar-refractivity contribution in [2.24, 2.45) is 4.99 Å². The zero-order valence-electron chi connectivity index (χ0n) is 13.5. The first-order valence-corrected chi connectivity index (χ1v) is 9.63. The highest BCUT2D eigenvalue weighted by Gasteiger charge is 2.10. The number of carbonyl (C=O) groups excluding carboxylic acids is 1. The van der Waals surface area contributed by atoms with Crippen LogP contribution in [0.3, 0.4) is 0 Å². The molecule has 0 aliphatic rings. The topological polar surface area (TPSA) is 43.6 Å². The van der Waals surface area contributed by atoms with Gasteiger partial charge in [-0.3, -0.25) is 4.79 Å². The van der Waals surface area contributed by atoms with E-state index >= 15 is 0 Å². The second-order valence-electron chi connectivity index (χ2n) is 5.13. The molecule has 1 aromatic carbocycles. The number of aromatic nitrogens is 1. The maximum absolute atomic E-state index is 12.3. The van der Waals surface area contributed by atoms with E-state index in [1.165, 1.54) is 22.7 Å². The van der Waals surface area contributed by atoms with Crippen molar-refractivity contribution in [3.05, 3.63) is 44.3 Å². The summed E-state index contributed by atoms with van der Waals surface area (Å²) in [7, 11) is 0. The fourth-order valence-corrected chi connectivity index (χ4v) is 4.54. The summed E-state index contributed by atoms with van der Waals surface area (Å²) >= 11 is 8.72. The highest BCUT2D eigenvalue weighted by molar-refractivity contribution is 7.16. The number of ether oxygens (including phenoxy) is 1. The van der Waals surface area contributed by atoms with Gasteiger partial charge in [0.2, 0.25) is 0 Å². The number of benzene rings is 1. The summed E-state index contributed by atoms with van der Waals surface area (Å²) < 4.78 is 9.05. The number of terminal acetylenes is 1. The standard InChI is InChI=1S/C18H15ClN2O2S2/c1-3-9-21-14-7-5-12(23-4-2)10-15(14)25-18(21)20-17(22)11-13-6-8-16(19)24-13/h1,5-8,10H,4,9,11H2,2H3. The predicted molar refractivity (Wildman–Crippen MR) is 103 cm³/mol. The first-order valence-electron chi connectivity index (χ1n) is 7.62. The monoisotopic (exact) mass is 390 g/mol. The Morgan fingerprint density at radius 3 is 2.88 bits per heavy atom. The molecule has 0 aliphatic carbocycles. The molecule has 3 rings (SSSR count). The Labute approximate surface area is 158 Å². The second-order valence-corrected chi connectivity index (χ2v) is 7.93. The van der Waals surface area contributed by atoms with Crippen LogP contribution in [0.5, 0.6) is 5.75 Å². The first-order chi connectivity index (χ1) is 12.1. The summed E-state index contributed by atoms with van der Waals surface area (Å²) in [6.07, 6.45) is 5.71. The molecule has 0 saturated heterocycles. The predicted octanol–water partition coefficient (Wildman–Crippen LogP) is 4.12. The molecule has 1 amide bonds. The Bertz CT molecular complexity index is 1020. The van der Waals surface area contributed by atoms with Crippen LogP contribution < -0.4 is 9.54 Å². The van der Waals surface area contributed by atoms with Gasteiger partial charge >= 0.3 is 0 Å². The molecule has 7 heteroatoms. The van der Waals surface area contributed by atoms with Crippen LogP contribution in [-0.2, 0) is 17.8 Å². The summed E-state index contributed by atoms with van der Waals surface area (Å²) in [5, 5.41) is 0. The van der Waals surface area contributed by atoms with Gasteiger partial charge in [0.1, 0.15) is 5.75 Å². The third kappa shape index (κ3) is 4.13. The van der Waals surface area contributed by atoms with E-state index in [-0.39, 0.29) is 12.3 Å². The van der Waals surface area contributed by atoms with Crippen LogP contribution in [0.15, 0.2) is 35.3 Å². The molecule has 2 aromatic heterocycles. The van der Waals surface area contributed by atoms with Crippen molar-refractivity contribution in [1.82, 2.24) is 4.57 Å². The largest absolute Gasteiger partial charge is 0.494 e. The molecule has 0 radical (unpaired) electrons. The quantitative estimate of drug-likeness (QED) is 0.615. The average molecular weight is 391 g/mol. The maximum Gasteiger partial charge on any atom is 0.253 e. The fraction of sp³-hybridized carbons (Fsp3) is 0.222. The molecule has 0 fully saturated rings. The Morgan fingerprint density at radius 1 is 1.36 bits per heavy atom. The second kappa shape index (κ2) is 7.87.